The third-order valence-corrected chi connectivity index (χ3v) is 6.49. The summed E-state index contributed by atoms with van der Waals surface area (Å²) in [5.41, 5.74) is 0.950. The van der Waals surface area contributed by atoms with Gasteiger partial charge in [0, 0.05) is 57.6 Å². The summed E-state index contributed by atoms with van der Waals surface area (Å²) in [6, 6.07) is 9.78. The first kappa shape index (κ1) is 22.7. The molecule has 0 N–H and O–H groups in total. The number of hydrogen-bond donors (Lipinski definition) is 0. The van der Waals surface area contributed by atoms with Crippen molar-refractivity contribution in [1.29, 1.82) is 0 Å². The van der Waals surface area contributed by atoms with Crippen LogP contribution in [0.2, 0.25) is 0 Å². The van der Waals surface area contributed by atoms with E-state index >= 15 is 0 Å². The minimum absolute atomic E-state index is 0.0428. The fourth-order valence-electron chi connectivity index (χ4n) is 4.64. The molecule has 0 saturated carbocycles. The fraction of sp³-hybridized carbons (Fsp3) is 0.500. The Balaban J connectivity index is 1.24. The molecule has 2 fully saturated rings. The number of likely N-dealkylation sites (tertiary alicyclic amines) is 1. The van der Waals surface area contributed by atoms with Crippen molar-refractivity contribution in [3.63, 3.8) is 0 Å². The smallest absolute Gasteiger partial charge is 0.340 e. The highest BCUT2D eigenvalue weighted by Crippen LogP contribution is 2.32. The largest absolute Gasteiger partial charge is 0.416 e. The van der Waals surface area contributed by atoms with Crippen LogP contribution in [-0.2, 0) is 24.1 Å². The second-order valence-electron chi connectivity index (χ2n) is 8.66. The summed E-state index contributed by atoms with van der Waals surface area (Å²) in [6.07, 6.45) is 0.951. The molecule has 3 heterocycles. The van der Waals surface area contributed by atoms with Crippen LogP contribution in [-0.4, -0.2) is 64.9 Å². The van der Waals surface area contributed by atoms with E-state index in [1.165, 1.54) is 11.6 Å². The van der Waals surface area contributed by atoms with Crippen LogP contribution in [0.5, 0.6) is 0 Å². The number of nitrogens with zero attached hydrogens (tertiary/aromatic N) is 4. The van der Waals surface area contributed by atoms with Gasteiger partial charge >= 0.3 is 6.18 Å². The van der Waals surface area contributed by atoms with Gasteiger partial charge in [-0.05, 0) is 55.3 Å². The van der Waals surface area contributed by atoms with Crippen molar-refractivity contribution in [2.75, 3.05) is 39.3 Å². The molecule has 1 aromatic carbocycles. The van der Waals surface area contributed by atoms with E-state index in [4.69, 9.17) is 0 Å². The zero-order chi connectivity index (χ0) is 22.6. The third-order valence-electron chi connectivity index (χ3n) is 6.49. The second-order valence-corrected chi connectivity index (χ2v) is 8.66. The first-order valence-electron chi connectivity index (χ1n) is 11.2. The van der Waals surface area contributed by atoms with Crippen LogP contribution < -0.4 is 0 Å². The molecule has 0 atom stereocenters. The van der Waals surface area contributed by atoms with Crippen molar-refractivity contribution in [3.05, 3.63) is 65.5 Å². The Morgan fingerprint density at radius 2 is 1.50 bits per heavy atom. The van der Waals surface area contributed by atoms with E-state index in [-0.39, 0.29) is 18.4 Å². The standard InChI is InChI=1S/C24H29F3N4O/c25-24(26,27)22-4-2-1-3-21(22)18-30-13-15-31(16-14-30)23(32)20-7-11-29(12-8-20)17-19-5-9-28-10-6-19/h1-6,9-10,20H,7-8,11-18H2. The molecule has 2 saturated heterocycles. The summed E-state index contributed by atoms with van der Waals surface area (Å²) >= 11 is 0. The van der Waals surface area contributed by atoms with Crippen LogP contribution >= 0.6 is 0 Å². The molecule has 8 heteroatoms. The highest BCUT2D eigenvalue weighted by molar-refractivity contribution is 5.79. The molecule has 0 bridgehead atoms. The van der Waals surface area contributed by atoms with E-state index in [1.54, 1.807) is 24.5 Å². The maximum atomic E-state index is 13.2. The maximum absolute atomic E-state index is 13.2. The van der Waals surface area contributed by atoms with Crippen LogP contribution in [0.1, 0.15) is 29.5 Å². The second kappa shape index (κ2) is 10.0. The van der Waals surface area contributed by atoms with E-state index in [0.717, 1.165) is 38.5 Å². The number of pyridine rings is 1. The fourth-order valence-corrected chi connectivity index (χ4v) is 4.64. The molecule has 5 nitrogen and oxygen atoms in total. The Labute approximate surface area is 186 Å². The summed E-state index contributed by atoms with van der Waals surface area (Å²) in [4.78, 5) is 23.3. The molecule has 0 radical (unpaired) electrons. The number of piperazine rings is 1. The summed E-state index contributed by atoms with van der Waals surface area (Å²) in [5, 5.41) is 0. The zero-order valence-corrected chi connectivity index (χ0v) is 18.1. The van der Waals surface area contributed by atoms with Crippen LogP contribution in [0, 0.1) is 5.92 Å². The average Bonchev–Trinajstić information content (AvgIpc) is 2.80. The van der Waals surface area contributed by atoms with E-state index in [2.05, 4.69) is 9.88 Å². The number of piperidine rings is 1. The number of halogens is 3. The van der Waals surface area contributed by atoms with Crippen LogP contribution in [0.15, 0.2) is 48.8 Å². The van der Waals surface area contributed by atoms with Gasteiger partial charge in [-0.3, -0.25) is 19.6 Å². The normalized spacial score (nSPS) is 19.3. The molecule has 2 aliphatic heterocycles. The SMILES string of the molecule is O=C(C1CCN(Cc2ccncc2)CC1)N1CCN(Cc2ccccc2C(F)(F)F)CC1. The summed E-state index contributed by atoms with van der Waals surface area (Å²) < 4.78 is 39.7. The van der Waals surface area contributed by atoms with E-state index in [0.29, 0.717) is 31.7 Å². The van der Waals surface area contributed by atoms with Gasteiger partial charge in [0.25, 0.3) is 0 Å². The van der Waals surface area contributed by atoms with E-state index < -0.39 is 11.7 Å². The molecule has 2 aromatic rings. The number of carbonyl (C=O) groups excluding carboxylic acids is 1. The van der Waals surface area contributed by atoms with Gasteiger partial charge in [0.15, 0.2) is 0 Å². The van der Waals surface area contributed by atoms with Gasteiger partial charge in [-0.2, -0.15) is 13.2 Å². The first-order valence-corrected chi connectivity index (χ1v) is 11.2. The van der Waals surface area contributed by atoms with Crippen molar-refractivity contribution < 1.29 is 18.0 Å². The van der Waals surface area contributed by atoms with Crippen molar-refractivity contribution >= 4 is 5.91 Å². The monoisotopic (exact) mass is 446 g/mol. The molecule has 4 rings (SSSR count). The number of alkyl halides is 3. The lowest BCUT2D eigenvalue weighted by Gasteiger charge is -2.38. The molecule has 2 aliphatic rings. The third kappa shape index (κ3) is 5.66. The molecule has 32 heavy (non-hydrogen) atoms. The van der Waals surface area contributed by atoms with Gasteiger partial charge in [0.2, 0.25) is 5.91 Å². The summed E-state index contributed by atoms with van der Waals surface area (Å²) in [7, 11) is 0. The van der Waals surface area contributed by atoms with Crippen LogP contribution in [0.3, 0.4) is 0 Å². The molecule has 0 spiro atoms. The predicted octanol–water partition coefficient (Wildman–Crippen LogP) is 3.66. The molecule has 172 valence electrons. The Morgan fingerprint density at radius 3 is 2.16 bits per heavy atom. The lowest BCUT2D eigenvalue weighted by molar-refractivity contribution is -0.139. The van der Waals surface area contributed by atoms with Crippen molar-refractivity contribution in [2.45, 2.75) is 32.1 Å². The quantitative estimate of drug-likeness (QED) is 0.703. The highest BCUT2D eigenvalue weighted by Gasteiger charge is 2.34. The van der Waals surface area contributed by atoms with Gasteiger partial charge in [-0.1, -0.05) is 18.2 Å². The summed E-state index contributed by atoms with van der Waals surface area (Å²) in [5.74, 6) is 0.241. The molecular weight excluding hydrogens is 417 g/mol. The molecule has 1 aromatic heterocycles. The van der Waals surface area contributed by atoms with E-state index in [9.17, 15) is 18.0 Å². The Kier molecular flexibility index (Phi) is 7.10. The topological polar surface area (TPSA) is 39.7 Å². The summed E-state index contributed by atoms with van der Waals surface area (Å²) in [6.45, 7) is 5.26. The van der Waals surface area contributed by atoms with Crippen LogP contribution in [0.4, 0.5) is 13.2 Å². The van der Waals surface area contributed by atoms with Crippen molar-refractivity contribution in [1.82, 2.24) is 19.7 Å². The minimum atomic E-state index is -4.35. The van der Waals surface area contributed by atoms with Crippen LogP contribution in [0.25, 0.3) is 0 Å². The molecular formula is C24H29F3N4O. The number of aromatic nitrogens is 1. The van der Waals surface area contributed by atoms with Gasteiger partial charge in [0.1, 0.15) is 0 Å². The predicted molar refractivity (Wildman–Crippen MR) is 116 cm³/mol. The first-order chi connectivity index (χ1) is 15.4. The number of hydrogen-bond acceptors (Lipinski definition) is 4. The number of carbonyl (C=O) groups is 1. The van der Waals surface area contributed by atoms with Crippen molar-refractivity contribution in [3.8, 4) is 0 Å². The lowest BCUT2D eigenvalue weighted by atomic mass is 9.94. The van der Waals surface area contributed by atoms with Gasteiger partial charge < -0.3 is 4.90 Å². The molecule has 0 unspecified atom stereocenters. The Hall–Kier alpha value is -2.45. The number of benzene rings is 1. The maximum Gasteiger partial charge on any atom is 0.416 e. The zero-order valence-electron chi connectivity index (χ0n) is 18.1. The minimum Gasteiger partial charge on any atom is -0.340 e. The molecule has 0 aliphatic carbocycles. The Morgan fingerprint density at radius 1 is 0.875 bits per heavy atom. The van der Waals surface area contributed by atoms with Gasteiger partial charge in [-0.15, -0.1) is 0 Å². The van der Waals surface area contributed by atoms with Gasteiger partial charge in [0.05, 0.1) is 5.56 Å². The Bertz CT molecular complexity index is 890. The number of rotatable bonds is 5. The number of amides is 1. The molecule has 1 amide bonds. The lowest BCUT2D eigenvalue weighted by Crippen LogP contribution is -2.51. The average molecular weight is 447 g/mol. The van der Waals surface area contributed by atoms with Gasteiger partial charge in [-0.25, -0.2) is 0 Å². The highest BCUT2D eigenvalue weighted by atomic mass is 19.4. The van der Waals surface area contributed by atoms with Crippen molar-refractivity contribution in [2.24, 2.45) is 5.92 Å². The van der Waals surface area contributed by atoms with E-state index in [1.807, 2.05) is 21.9 Å².